The average molecular weight is 476 g/mol. The van der Waals surface area contributed by atoms with Gasteiger partial charge in [-0.1, -0.05) is 6.42 Å². The lowest BCUT2D eigenvalue weighted by Crippen LogP contribution is -2.50. The number of sulfonamides is 1. The number of hydrogen-bond acceptors (Lipinski definition) is 6. The number of anilines is 1. The van der Waals surface area contributed by atoms with Crippen LogP contribution in [0.3, 0.4) is 0 Å². The maximum Gasteiger partial charge on any atom is 0.290 e. The van der Waals surface area contributed by atoms with Crippen LogP contribution < -0.4 is 10.1 Å². The van der Waals surface area contributed by atoms with Crippen LogP contribution in [0.15, 0.2) is 45.9 Å². The molecule has 2 fully saturated rings. The molecule has 178 valence electrons. The molecule has 2 aliphatic heterocycles. The number of methoxy groups -OCH3 is 1. The first kappa shape index (κ1) is 23.3. The molecule has 4 rings (SSSR count). The largest absolute Gasteiger partial charge is 0.495 e. The molecule has 0 bridgehead atoms. The highest BCUT2D eigenvalue weighted by atomic mass is 32.2. The van der Waals surface area contributed by atoms with E-state index >= 15 is 0 Å². The van der Waals surface area contributed by atoms with Crippen LogP contribution in [0.4, 0.5) is 5.69 Å². The number of rotatable bonds is 6. The molecule has 1 aromatic heterocycles. The predicted molar refractivity (Wildman–Crippen MR) is 122 cm³/mol. The van der Waals surface area contributed by atoms with E-state index in [0.717, 1.165) is 32.1 Å². The van der Waals surface area contributed by atoms with Gasteiger partial charge in [-0.2, -0.15) is 4.31 Å². The number of nitrogens with zero attached hydrogens (tertiary/aromatic N) is 2. The van der Waals surface area contributed by atoms with Gasteiger partial charge in [0.05, 0.1) is 24.0 Å². The van der Waals surface area contributed by atoms with Gasteiger partial charge in [-0.05, 0) is 62.4 Å². The molecule has 33 heavy (non-hydrogen) atoms. The number of ether oxygens (including phenoxy) is 1. The molecule has 0 saturated carbocycles. The minimum Gasteiger partial charge on any atom is -0.495 e. The van der Waals surface area contributed by atoms with Gasteiger partial charge in [-0.3, -0.25) is 9.59 Å². The van der Waals surface area contributed by atoms with Crippen molar-refractivity contribution in [3.63, 3.8) is 0 Å². The summed E-state index contributed by atoms with van der Waals surface area (Å²) in [6, 6.07) is 6.98. The van der Waals surface area contributed by atoms with Crippen LogP contribution in [0.1, 0.15) is 49.1 Å². The minimum absolute atomic E-state index is 0.104. The third-order valence-corrected chi connectivity index (χ3v) is 8.07. The molecule has 0 spiro atoms. The molecule has 0 aliphatic carbocycles. The highest BCUT2D eigenvalue weighted by molar-refractivity contribution is 7.89. The van der Waals surface area contributed by atoms with Crippen molar-refractivity contribution in [1.29, 1.82) is 0 Å². The number of piperidine rings is 2. The second-order valence-corrected chi connectivity index (χ2v) is 10.2. The summed E-state index contributed by atoms with van der Waals surface area (Å²) in [6.45, 7) is 1.42. The Morgan fingerprint density at radius 3 is 2.52 bits per heavy atom. The number of carbonyl (C=O) groups is 2. The minimum atomic E-state index is -3.67. The molecule has 9 nitrogen and oxygen atoms in total. The van der Waals surface area contributed by atoms with Crippen LogP contribution in [0.2, 0.25) is 0 Å². The van der Waals surface area contributed by atoms with E-state index in [1.54, 1.807) is 18.2 Å². The zero-order chi connectivity index (χ0) is 23.4. The summed E-state index contributed by atoms with van der Waals surface area (Å²) in [5, 5.41) is 2.81. The highest BCUT2D eigenvalue weighted by Gasteiger charge is 2.34. The Balaban J connectivity index is 1.57. The van der Waals surface area contributed by atoms with E-state index in [0.29, 0.717) is 31.8 Å². The first-order chi connectivity index (χ1) is 15.9. The van der Waals surface area contributed by atoms with Gasteiger partial charge in [-0.25, -0.2) is 8.42 Å². The maximum absolute atomic E-state index is 13.2. The Kier molecular flexibility index (Phi) is 7.04. The molecule has 1 unspecified atom stereocenters. The van der Waals surface area contributed by atoms with Crippen LogP contribution in [0.25, 0.3) is 0 Å². The van der Waals surface area contributed by atoms with Gasteiger partial charge in [0.2, 0.25) is 15.9 Å². The summed E-state index contributed by atoms with van der Waals surface area (Å²) < 4.78 is 38.3. The van der Waals surface area contributed by atoms with Crippen LogP contribution in [0, 0.1) is 0 Å². The van der Waals surface area contributed by atoms with Crippen LogP contribution in [-0.2, 0) is 14.8 Å². The number of carbonyl (C=O) groups excluding carboxylic acids is 2. The zero-order valence-electron chi connectivity index (χ0n) is 18.7. The molecule has 2 aliphatic rings. The molecule has 1 N–H and O–H groups in total. The van der Waals surface area contributed by atoms with E-state index < -0.39 is 16.1 Å². The quantitative estimate of drug-likeness (QED) is 0.688. The van der Waals surface area contributed by atoms with Gasteiger partial charge in [-0.15, -0.1) is 0 Å². The molecule has 10 heteroatoms. The van der Waals surface area contributed by atoms with Crippen molar-refractivity contribution in [3.8, 4) is 5.75 Å². The van der Waals surface area contributed by atoms with Crippen molar-refractivity contribution >= 4 is 27.5 Å². The molecule has 2 saturated heterocycles. The summed E-state index contributed by atoms with van der Waals surface area (Å²) in [7, 11) is -2.22. The number of furan rings is 1. The van der Waals surface area contributed by atoms with E-state index in [4.69, 9.17) is 9.15 Å². The number of hydrogen-bond donors (Lipinski definition) is 1. The normalized spacial score (nSPS) is 19.8. The topological polar surface area (TPSA) is 109 Å². The average Bonchev–Trinajstić information content (AvgIpc) is 3.39. The second-order valence-electron chi connectivity index (χ2n) is 8.30. The highest BCUT2D eigenvalue weighted by Crippen LogP contribution is 2.31. The van der Waals surface area contributed by atoms with Crippen LogP contribution in [0.5, 0.6) is 5.75 Å². The summed E-state index contributed by atoms with van der Waals surface area (Å²) in [6.07, 6.45) is 6.21. The van der Waals surface area contributed by atoms with Crippen molar-refractivity contribution < 1.29 is 27.2 Å². The number of nitrogens with one attached hydrogen (secondary N) is 1. The molecular formula is C23H29N3O6S. The van der Waals surface area contributed by atoms with Gasteiger partial charge < -0.3 is 19.4 Å². The lowest BCUT2D eigenvalue weighted by Gasteiger charge is -2.34. The Morgan fingerprint density at radius 2 is 1.82 bits per heavy atom. The fourth-order valence-electron chi connectivity index (χ4n) is 4.40. The van der Waals surface area contributed by atoms with E-state index in [9.17, 15) is 18.0 Å². The molecule has 2 amide bonds. The van der Waals surface area contributed by atoms with Crippen LogP contribution in [-0.4, -0.2) is 62.2 Å². The summed E-state index contributed by atoms with van der Waals surface area (Å²) in [4.78, 5) is 27.7. The summed E-state index contributed by atoms with van der Waals surface area (Å²) >= 11 is 0. The number of amides is 2. The molecule has 1 aromatic carbocycles. The third kappa shape index (κ3) is 4.91. The SMILES string of the molecule is COc1ccc(S(=O)(=O)N2CCCCC2)cc1NC(=O)C1CCCCN1C(=O)c1ccco1. The smallest absolute Gasteiger partial charge is 0.290 e. The lowest BCUT2D eigenvalue weighted by atomic mass is 10.0. The maximum atomic E-state index is 13.2. The fourth-order valence-corrected chi connectivity index (χ4v) is 5.95. The molecule has 0 radical (unpaired) electrons. The van der Waals surface area contributed by atoms with E-state index in [1.165, 1.54) is 34.7 Å². The first-order valence-corrected chi connectivity index (χ1v) is 12.7. The first-order valence-electron chi connectivity index (χ1n) is 11.3. The number of likely N-dealkylation sites (tertiary alicyclic amines) is 1. The van der Waals surface area contributed by atoms with E-state index in [-0.39, 0.29) is 28.2 Å². The van der Waals surface area contributed by atoms with Gasteiger partial charge >= 0.3 is 0 Å². The number of benzene rings is 1. The van der Waals surface area contributed by atoms with Crippen molar-refractivity contribution in [3.05, 3.63) is 42.4 Å². The Morgan fingerprint density at radius 1 is 1.06 bits per heavy atom. The van der Waals surface area contributed by atoms with Crippen molar-refractivity contribution in [2.45, 2.75) is 49.5 Å². The van der Waals surface area contributed by atoms with Gasteiger partial charge in [0.15, 0.2) is 5.76 Å². The van der Waals surface area contributed by atoms with Crippen LogP contribution >= 0.6 is 0 Å². The Bertz CT molecular complexity index is 1090. The van der Waals surface area contributed by atoms with Gasteiger partial charge in [0, 0.05) is 19.6 Å². The van der Waals surface area contributed by atoms with Crippen molar-refractivity contribution in [1.82, 2.24) is 9.21 Å². The summed E-state index contributed by atoms with van der Waals surface area (Å²) in [5.74, 6) is -0.198. The molecule has 1 atom stereocenters. The van der Waals surface area contributed by atoms with E-state index in [1.807, 2.05) is 0 Å². The van der Waals surface area contributed by atoms with E-state index in [2.05, 4.69) is 5.32 Å². The van der Waals surface area contributed by atoms with Gasteiger partial charge in [0.1, 0.15) is 11.8 Å². The van der Waals surface area contributed by atoms with Crippen molar-refractivity contribution in [2.75, 3.05) is 32.1 Å². The predicted octanol–water partition coefficient (Wildman–Crippen LogP) is 3.10. The second kappa shape index (κ2) is 9.96. The zero-order valence-corrected chi connectivity index (χ0v) is 19.5. The van der Waals surface area contributed by atoms with Gasteiger partial charge in [0.25, 0.3) is 5.91 Å². The Hall–Kier alpha value is -2.85. The third-order valence-electron chi connectivity index (χ3n) is 6.18. The lowest BCUT2D eigenvalue weighted by molar-refractivity contribution is -0.121. The Labute approximate surface area is 193 Å². The molecule has 2 aromatic rings. The standard InChI is InChI=1S/C23H29N3O6S/c1-31-20-11-10-17(33(29,30)25-12-4-2-5-13-25)16-18(20)24-22(27)19-8-3-6-14-26(19)23(28)21-9-7-15-32-21/h7,9-11,15-16,19H,2-6,8,12-14H2,1H3,(H,24,27). The van der Waals surface area contributed by atoms with Crippen molar-refractivity contribution in [2.24, 2.45) is 0 Å². The molecule has 3 heterocycles. The fraction of sp³-hybridized carbons (Fsp3) is 0.478. The summed E-state index contributed by atoms with van der Waals surface area (Å²) in [5.41, 5.74) is 0.261. The monoisotopic (exact) mass is 475 g/mol. The molecular weight excluding hydrogens is 446 g/mol.